The van der Waals surface area contributed by atoms with E-state index in [1.54, 1.807) is 7.11 Å². The monoisotopic (exact) mass is 265 g/mol. The predicted molar refractivity (Wildman–Crippen MR) is 77.2 cm³/mol. The molecule has 0 amide bonds. The van der Waals surface area contributed by atoms with Crippen molar-refractivity contribution in [3.8, 4) is 0 Å². The van der Waals surface area contributed by atoms with Crippen LogP contribution in [0.3, 0.4) is 0 Å². The van der Waals surface area contributed by atoms with Crippen LogP contribution < -0.4 is 0 Å². The van der Waals surface area contributed by atoms with Crippen molar-refractivity contribution in [2.45, 2.75) is 52.7 Å². The molecular formula is C16H27NO2. The van der Waals surface area contributed by atoms with Gasteiger partial charge in [0.25, 0.3) is 0 Å². The molecule has 0 saturated heterocycles. The number of aromatic nitrogens is 1. The summed E-state index contributed by atoms with van der Waals surface area (Å²) in [6, 6.07) is 2.43. The number of rotatable bonds is 4. The average Bonchev–Trinajstić information content (AvgIpc) is 2.67. The molecule has 0 saturated carbocycles. The Balaban J connectivity index is 2.39. The Kier molecular flexibility index (Phi) is 4.07. The van der Waals surface area contributed by atoms with Gasteiger partial charge in [0.1, 0.15) is 0 Å². The van der Waals surface area contributed by atoms with Gasteiger partial charge in [0.2, 0.25) is 0 Å². The molecule has 0 aliphatic heterocycles. The molecule has 108 valence electrons. The van der Waals surface area contributed by atoms with Crippen LogP contribution in [-0.4, -0.2) is 23.4 Å². The summed E-state index contributed by atoms with van der Waals surface area (Å²) in [6.07, 6.45) is 3.68. The highest BCUT2D eigenvalue weighted by Gasteiger charge is 2.34. The van der Waals surface area contributed by atoms with E-state index < -0.39 is 0 Å². The minimum Gasteiger partial charge on any atom is -0.388 e. The Hall–Kier alpha value is -0.800. The first-order valence-electron chi connectivity index (χ1n) is 7.22. The largest absolute Gasteiger partial charge is 0.388 e. The fraction of sp³-hybridized carbons (Fsp3) is 0.750. The molecule has 0 bridgehead atoms. The van der Waals surface area contributed by atoms with Crippen molar-refractivity contribution in [3.63, 3.8) is 0 Å². The SMILES string of the molecule is COCC(C(C)C)n1ccc2c1CC(C)(C)CC2O. The van der Waals surface area contributed by atoms with Crippen LogP contribution >= 0.6 is 0 Å². The van der Waals surface area contributed by atoms with Gasteiger partial charge in [-0.25, -0.2) is 0 Å². The smallest absolute Gasteiger partial charge is 0.0812 e. The Labute approximate surface area is 116 Å². The fourth-order valence-corrected chi connectivity index (χ4v) is 3.23. The molecule has 3 heteroatoms. The zero-order valence-corrected chi connectivity index (χ0v) is 12.8. The minimum atomic E-state index is -0.324. The van der Waals surface area contributed by atoms with Gasteiger partial charge in [-0.05, 0) is 30.2 Å². The summed E-state index contributed by atoms with van der Waals surface area (Å²) < 4.78 is 7.70. The lowest BCUT2D eigenvalue weighted by Gasteiger charge is -2.35. The second kappa shape index (κ2) is 5.29. The maximum absolute atomic E-state index is 10.3. The Morgan fingerprint density at radius 2 is 2.16 bits per heavy atom. The normalized spacial score (nSPS) is 23.4. The second-order valence-electron chi connectivity index (χ2n) is 6.95. The van der Waals surface area contributed by atoms with E-state index in [-0.39, 0.29) is 11.5 Å². The summed E-state index contributed by atoms with van der Waals surface area (Å²) in [5.41, 5.74) is 2.57. The first kappa shape index (κ1) is 14.6. The van der Waals surface area contributed by atoms with E-state index >= 15 is 0 Å². The van der Waals surface area contributed by atoms with Gasteiger partial charge in [-0.2, -0.15) is 0 Å². The molecule has 0 radical (unpaired) electrons. The molecule has 1 aromatic rings. The third-order valence-corrected chi connectivity index (χ3v) is 4.27. The fourth-order valence-electron chi connectivity index (χ4n) is 3.23. The van der Waals surface area contributed by atoms with Crippen LogP contribution in [0, 0.1) is 11.3 Å². The van der Waals surface area contributed by atoms with Crippen LogP contribution in [0.1, 0.15) is 57.5 Å². The Bertz CT molecular complexity index is 434. The average molecular weight is 265 g/mol. The van der Waals surface area contributed by atoms with Crippen molar-refractivity contribution in [2.24, 2.45) is 11.3 Å². The maximum Gasteiger partial charge on any atom is 0.0812 e. The topological polar surface area (TPSA) is 34.4 Å². The molecule has 3 nitrogen and oxygen atoms in total. The van der Waals surface area contributed by atoms with E-state index in [0.29, 0.717) is 12.0 Å². The Morgan fingerprint density at radius 3 is 2.74 bits per heavy atom. The van der Waals surface area contributed by atoms with E-state index in [2.05, 4.69) is 44.5 Å². The molecule has 1 N–H and O–H groups in total. The summed E-state index contributed by atoms with van der Waals surface area (Å²) in [4.78, 5) is 0. The van der Waals surface area contributed by atoms with Crippen LogP contribution in [0.15, 0.2) is 12.3 Å². The highest BCUT2D eigenvalue weighted by molar-refractivity contribution is 5.29. The van der Waals surface area contributed by atoms with Crippen LogP contribution in [0.25, 0.3) is 0 Å². The van der Waals surface area contributed by atoms with Gasteiger partial charge >= 0.3 is 0 Å². The number of ether oxygens (including phenoxy) is 1. The molecule has 2 atom stereocenters. The van der Waals surface area contributed by atoms with Crippen molar-refractivity contribution < 1.29 is 9.84 Å². The zero-order chi connectivity index (χ0) is 14.2. The highest BCUT2D eigenvalue weighted by Crippen LogP contribution is 2.42. The molecule has 1 heterocycles. The first-order chi connectivity index (χ1) is 8.85. The van der Waals surface area contributed by atoms with Gasteiger partial charge in [-0.15, -0.1) is 0 Å². The standard InChI is InChI=1S/C16H27NO2/c1-11(2)14(10-19-5)17-7-6-12-13(17)8-16(3,4)9-15(12)18/h6-7,11,14-15,18H,8-10H2,1-5H3. The van der Waals surface area contributed by atoms with Crippen molar-refractivity contribution in [2.75, 3.05) is 13.7 Å². The molecule has 1 aliphatic rings. The lowest BCUT2D eigenvalue weighted by molar-refractivity contribution is 0.0926. The van der Waals surface area contributed by atoms with E-state index in [1.807, 2.05) is 0 Å². The summed E-state index contributed by atoms with van der Waals surface area (Å²) in [5, 5.41) is 10.3. The number of aliphatic hydroxyl groups excluding tert-OH is 1. The van der Waals surface area contributed by atoms with E-state index in [1.165, 1.54) is 5.69 Å². The predicted octanol–water partition coefficient (Wildman–Crippen LogP) is 3.34. The van der Waals surface area contributed by atoms with Crippen LogP contribution in [0.5, 0.6) is 0 Å². The van der Waals surface area contributed by atoms with Gasteiger partial charge in [-0.3, -0.25) is 0 Å². The molecule has 1 aromatic heterocycles. The number of hydrogen-bond donors (Lipinski definition) is 1. The van der Waals surface area contributed by atoms with Gasteiger partial charge in [0.05, 0.1) is 18.8 Å². The zero-order valence-electron chi connectivity index (χ0n) is 12.8. The van der Waals surface area contributed by atoms with E-state index in [9.17, 15) is 5.11 Å². The van der Waals surface area contributed by atoms with Crippen molar-refractivity contribution >= 4 is 0 Å². The third-order valence-electron chi connectivity index (χ3n) is 4.27. The van der Waals surface area contributed by atoms with Crippen molar-refractivity contribution in [1.82, 2.24) is 4.57 Å². The summed E-state index contributed by atoms with van der Waals surface area (Å²) in [6.45, 7) is 9.63. The van der Waals surface area contributed by atoms with Gasteiger partial charge in [-0.1, -0.05) is 27.7 Å². The summed E-state index contributed by atoms with van der Waals surface area (Å²) in [7, 11) is 1.75. The molecule has 2 rings (SSSR count). The van der Waals surface area contributed by atoms with Gasteiger partial charge in [0, 0.05) is 24.6 Å². The second-order valence-corrected chi connectivity index (χ2v) is 6.95. The lowest BCUT2D eigenvalue weighted by atomic mass is 9.75. The third kappa shape index (κ3) is 2.87. The molecule has 0 spiro atoms. The van der Waals surface area contributed by atoms with Gasteiger partial charge in [0.15, 0.2) is 0 Å². The molecule has 2 unspecified atom stereocenters. The number of aliphatic hydroxyl groups is 1. The van der Waals surface area contributed by atoms with Crippen LogP contribution in [0.2, 0.25) is 0 Å². The summed E-state index contributed by atoms with van der Waals surface area (Å²) in [5.74, 6) is 0.513. The van der Waals surface area contributed by atoms with E-state index in [0.717, 1.165) is 25.0 Å². The van der Waals surface area contributed by atoms with Crippen molar-refractivity contribution in [1.29, 1.82) is 0 Å². The van der Waals surface area contributed by atoms with E-state index in [4.69, 9.17) is 4.74 Å². The lowest BCUT2D eigenvalue weighted by Crippen LogP contribution is -2.29. The number of fused-ring (bicyclic) bond motifs is 1. The summed E-state index contributed by atoms with van der Waals surface area (Å²) >= 11 is 0. The quantitative estimate of drug-likeness (QED) is 0.906. The molecule has 19 heavy (non-hydrogen) atoms. The molecule has 1 aliphatic carbocycles. The van der Waals surface area contributed by atoms with Crippen LogP contribution in [0.4, 0.5) is 0 Å². The number of nitrogens with zero attached hydrogens (tertiary/aromatic N) is 1. The maximum atomic E-state index is 10.3. The number of methoxy groups -OCH3 is 1. The molecular weight excluding hydrogens is 238 g/mol. The molecule has 0 fully saturated rings. The minimum absolute atomic E-state index is 0.164. The van der Waals surface area contributed by atoms with Crippen molar-refractivity contribution in [3.05, 3.63) is 23.5 Å². The molecule has 0 aromatic carbocycles. The van der Waals surface area contributed by atoms with Crippen LogP contribution in [-0.2, 0) is 11.2 Å². The van der Waals surface area contributed by atoms with Gasteiger partial charge < -0.3 is 14.4 Å². The highest BCUT2D eigenvalue weighted by atomic mass is 16.5. The first-order valence-corrected chi connectivity index (χ1v) is 7.22. The Morgan fingerprint density at radius 1 is 1.47 bits per heavy atom. The number of hydrogen-bond acceptors (Lipinski definition) is 2.